The Labute approximate surface area is 791 Å². The van der Waals surface area contributed by atoms with E-state index in [9.17, 15) is 43.5 Å². The minimum atomic E-state index is -0.679. The number of hydrazine groups is 2. The number of aliphatic hydroxyl groups is 1. The third kappa shape index (κ3) is 49.9. The molecule has 0 aliphatic carbocycles. The van der Waals surface area contributed by atoms with Crippen molar-refractivity contribution in [1.82, 2.24) is 41.7 Å². The van der Waals surface area contributed by atoms with Crippen LogP contribution in [0.25, 0.3) is 33.8 Å². The summed E-state index contributed by atoms with van der Waals surface area (Å²) in [6.45, 7) is 11.5. The van der Waals surface area contributed by atoms with Crippen LogP contribution in [0.2, 0.25) is 0 Å². The van der Waals surface area contributed by atoms with Crippen molar-refractivity contribution in [3.63, 3.8) is 0 Å². The zero-order valence-electron chi connectivity index (χ0n) is 68.4. The molecule has 1 fully saturated rings. The molecule has 4 heterocycles. The molecule has 650 valence electrons. The molecule has 32 heteroatoms. The van der Waals surface area contributed by atoms with E-state index in [1.165, 1.54) is 34.0 Å². The van der Waals surface area contributed by atoms with Crippen LogP contribution in [0, 0.1) is 40.4 Å². The van der Waals surface area contributed by atoms with Crippen LogP contribution >= 0.6 is 109 Å². The molecule has 10 atom stereocenters. The number of epoxide rings is 1. The number of carbonyl (C=O) groups excluding carboxylic acids is 8. The molecular formula is C88H114I4N9O15P2V2-. The number of benzene rings is 5. The molecule has 0 bridgehead atoms. The molecule has 0 saturated carbocycles. The van der Waals surface area contributed by atoms with Crippen LogP contribution in [0.4, 0.5) is 0 Å². The first-order valence-corrected chi connectivity index (χ1v) is 44.5. The van der Waals surface area contributed by atoms with Gasteiger partial charge in [-0.1, -0.05) is 261 Å². The maximum atomic E-state index is 12.9. The summed E-state index contributed by atoms with van der Waals surface area (Å²) in [4.78, 5) is 108. The molecule has 2 radical (unpaired) electrons. The molecule has 1 saturated heterocycles. The normalized spacial score (nSPS) is 13.0. The molecule has 2 unspecified atom stereocenters. The Morgan fingerprint density at radius 2 is 0.958 bits per heavy atom. The Bertz CT molecular complexity index is 4140. The van der Waals surface area contributed by atoms with Crippen LogP contribution in [0.3, 0.4) is 0 Å². The number of hydrogen-bond donors (Lipinski definition) is 5. The molecule has 1 aliphatic heterocycles. The Hall–Kier alpha value is -6.23. The third-order valence-electron chi connectivity index (χ3n) is 17.4. The topological polar surface area (TPSA) is 318 Å². The average molecular weight is 2210 g/mol. The standard InChI is InChI=1S/C29H36N3O4P.C18H21N3O3.C18H19N3O3.C11H15OP.C9H16O4.CHI3.CH2I.CH4.2V/c1-21(16-28(34)36-2)29(35)31-32(19-27(33)25(20-37)17-22-8-4-3-5-9-22)18-23-11-13-24(14-12-23)26-10-6-7-15-30-26;2*1-13(11-17(22)24-2)18(23)21-20-12-14-6-8-15(9-7-14)16-5-3-4-10-19-16;13-8-10(11-7-12-11)6-9-4-2-1-3-5-9;1-7(2)4-8(13-6-10)5-9(11)12-3;2-1(3)4;1-2;;;/h3-15,21,25,27,33H,16-20,37H2,1-2H3,(H,31,35);3-10,13,20H,11-12H2,1-2H3,(H,21,23);3-10,12-13H,11H2,1-2H3,(H,21,23);1-5,10-11H,6-8,13H2;6-8H,4-5H2,1-3H3;1H;1H2;1H4;;/q;;;;;;-1;;;/b;;20-12-;;;;;;;/t21-,25-,27+;2*13-;10-,11+;8-;;;;;/m11111...../s1. The maximum Gasteiger partial charge on any atom is 0.309 e. The second-order valence-corrected chi connectivity index (χ2v) is 38.8. The Balaban J connectivity index is 0.00000151. The van der Waals surface area contributed by atoms with Gasteiger partial charge in [-0.15, -0.1) is 18.5 Å². The molecule has 5 aromatic carbocycles. The minimum absolute atomic E-state index is 0. The Kier molecular flexibility index (Phi) is 64.6. The van der Waals surface area contributed by atoms with E-state index in [0.717, 1.165) is 87.7 Å². The number of methoxy groups -OCH3 is 4. The van der Waals surface area contributed by atoms with Crippen molar-refractivity contribution in [3.8, 4) is 33.8 Å². The number of nitrogens with zero attached hydrogens (tertiary/aromatic N) is 5. The summed E-state index contributed by atoms with van der Waals surface area (Å²) >= 11 is 8.85. The Morgan fingerprint density at radius 3 is 1.35 bits per heavy atom. The van der Waals surface area contributed by atoms with Gasteiger partial charge in [0.2, 0.25) is 17.7 Å². The number of nitrogens with one attached hydrogen (secondary N) is 4. The minimum Gasteiger partial charge on any atom is -0.469 e. The number of ether oxygens (including phenoxy) is 6. The van der Waals surface area contributed by atoms with Crippen molar-refractivity contribution < 1.29 is 109 Å². The summed E-state index contributed by atoms with van der Waals surface area (Å²) < 4.78 is 29.1. The quantitative estimate of drug-likeness (QED) is 0.00233. The Morgan fingerprint density at radius 1 is 0.558 bits per heavy atom. The predicted molar refractivity (Wildman–Crippen MR) is 507 cm³/mol. The van der Waals surface area contributed by atoms with Gasteiger partial charge in [-0.05, 0) is 114 Å². The zero-order valence-corrected chi connectivity index (χ0v) is 82.2. The number of pyridine rings is 3. The molecule has 1 aliphatic rings. The van der Waals surface area contributed by atoms with E-state index in [0.29, 0.717) is 43.9 Å². The molecule has 3 amide bonds. The van der Waals surface area contributed by atoms with E-state index >= 15 is 0 Å². The van der Waals surface area contributed by atoms with Crippen LogP contribution < -0.4 is 21.7 Å². The van der Waals surface area contributed by atoms with Gasteiger partial charge in [0.15, 0.2) is 0 Å². The monoisotopic (exact) mass is 2210 g/mol. The fraction of sp³-hybridized carbons (Fsp3) is 0.375. The predicted octanol–water partition coefficient (Wildman–Crippen LogP) is 16.0. The molecule has 5 N–H and O–H groups in total. The van der Waals surface area contributed by atoms with E-state index in [1.807, 2.05) is 182 Å². The summed E-state index contributed by atoms with van der Waals surface area (Å²) in [6, 6.07) is 61.5. The van der Waals surface area contributed by atoms with E-state index in [-0.39, 0.29) is 112 Å². The number of amides is 3. The summed E-state index contributed by atoms with van der Waals surface area (Å²) in [7, 11) is 10.8. The maximum absolute atomic E-state index is 12.9. The van der Waals surface area contributed by atoms with Crippen LogP contribution in [0.5, 0.6) is 0 Å². The van der Waals surface area contributed by atoms with Crippen molar-refractivity contribution in [2.75, 3.05) is 53.9 Å². The number of carbonyl (C=O) groups is 8. The van der Waals surface area contributed by atoms with Gasteiger partial charge in [0.05, 0.1) is 96.2 Å². The van der Waals surface area contributed by atoms with E-state index in [2.05, 4.69) is 190 Å². The summed E-state index contributed by atoms with van der Waals surface area (Å²) in [5, 5.41) is 16.8. The first kappa shape index (κ1) is 114. The summed E-state index contributed by atoms with van der Waals surface area (Å²) in [5.41, 5.74) is 22.0. The van der Waals surface area contributed by atoms with Crippen molar-refractivity contribution in [3.05, 3.63) is 239 Å². The van der Waals surface area contributed by atoms with E-state index in [1.54, 1.807) is 50.6 Å². The number of rotatable bonds is 36. The van der Waals surface area contributed by atoms with Crippen LogP contribution in [-0.2, 0) is 130 Å². The van der Waals surface area contributed by atoms with Crippen molar-refractivity contribution >= 4 is 163 Å². The SMILES string of the molecule is C.COC(=O)C[C@@H](C)C(=O)N/N=C\c1ccc(-c2ccccn2)cc1.COC(=O)C[C@@H](C)C(=O)NN(Cc1ccc(-c2ccccn2)cc1)C[C@H](O)[C@@H](CP)Cc1ccccc1.COC(=O)C[C@@H](C)C(=O)NNCc1ccc(-c2ccccn2)cc1.COC(=O)C[C@@H](CC(C)C)OC=O.IC(I)I.PC[C@@H](Cc1ccccc1)[C@@H]1CO1.[CH2-]I.[V].[V]. The van der Waals surface area contributed by atoms with Crippen LogP contribution in [0.1, 0.15) is 102 Å². The van der Waals surface area contributed by atoms with Gasteiger partial charge in [0, 0.05) is 110 Å². The third-order valence-corrected chi connectivity index (χ3v) is 18.6. The largest absolute Gasteiger partial charge is 0.469 e. The molecule has 9 rings (SSSR count). The second kappa shape index (κ2) is 68.2. The second-order valence-electron chi connectivity index (χ2n) is 27.0. The van der Waals surface area contributed by atoms with Crippen molar-refractivity contribution in [2.24, 2.45) is 40.6 Å². The number of alkyl halides is 3. The van der Waals surface area contributed by atoms with Gasteiger partial charge in [-0.25, -0.2) is 15.9 Å². The summed E-state index contributed by atoms with van der Waals surface area (Å²) in [6.07, 6.45) is 10.9. The number of aromatic nitrogens is 3. The van der Waals surface area contributed by atoms with Crippen LogP contribution in [0.15, 0.2) is 212 Å². The first-order chi connectivity index (χ1) is 56.3. The van der Waals surface area contributed by atoms with Gasteiger partial charge >= 0.3 is 23.9 Å². The fourth-order valence-corrected chi connectivity index (χ4v) is 11.8. The molecule has 3 aromatic heterocycles. The number of aliphatic hydroxyl groups excluding tert-OH is 1. The van der Waals surface area contributed by atoms with Crippen molar-refractivity contribution in [1.29, 1.82) is 0 Å². The van der Waals surface area contributed by atoms with Gasteiger partial charge < -0.3 is 56.1 Å². The first-order valence-electron chi connectivity index (χ1n) is 37.6. The molecule has 24 nitrogen and oxygen atoms in total. The smallest absolute Gasteiger partial charge is 0.309 e. The molecular weight excluding hydrogens is 2090 g/mol. The average Bonchev–Trinajstić information content (AvgIpc) is 1.17. The number of halogens is 4. The van der Waals surface area contributed by atoms with Crippen molar-refractivity contribution in [2.45, 2.75) is 118 Å². The van der Waals surface area contributed by atoms with Gasteiger partial charge in [0.1, 0.15) is 6.04 Å². The fourth-order valence-electron chi connectivity index (χ4n) is 10.8. The molecule has 120 heavy (non-hydrogen) atoms. The zero-order chi connectivity index (χ0) is 86.3. The molecule has 0 spiro atoms. The van der Waals surface area contributed by atoms with Crippen LogP contribution in [-0.4, -0.2) is 152 Å². The van der Waals surface area contributed by atoms with E-state index in [4.69, 9.17) is 14.2 Å². The molecule has 8 aromatic rings. The van der Waals surface area contributed by atoms with Gasteiger partial charge in [0.25, 0.3) is 6.47 Å². The van der Waals surface area contributed by atoms with Gasteiger partial charge in [-0.3, -0.25) is 69.1 Å². The summed E-state index contributed by atoms with van der Waals surface area (Å²) in [5.74, 6) is -2.95. The van der Waals surface area contributed by atoms with E-state index < -0.39 is 41.8 Å². The number of hydrazone groups is 1. The number of esters is 4. The van der Waals surface area contributed by atoms with Gasteiger partial charge in [-0.2, -0.15) is 5.10 Å². The number of hydrogen-bond acceptors (Lipinski definition) is 21.